The van der Waals surface area contributed by atoms with Crippen molar-refractivity contribution in [3.05, 3.63) is 46.7 Å². The second-order valence-electron chi connectivity index (χ2n) is 5.87. The molecular formula is C20H23ClN2O5. The molecule has 0 saturated heterocycles. The number of methoxy groups -OCH3 is 2. The molecular weight excluding hydrogens is 384 g/mol. The third-order valence-electron chi connectivity index (χ3n) is 3.91. The monoisotopic (exact) mass is 406 g/mol. The zero-order valence-corrected chi connectivity index (χ0v) is 16.8. The summed E-state index contributed by atoms with van der Waals surface area (Å²) in [5, 5.41) is 2.98. The molecule has 8 heteroatoms. The average Bonchev–Trinajstić information content (AvgIpc) is 2.71. The fraction of sp³-hybridized carbons (Fsp3) is 0.350. The fourth-order valence-electron chi connectivity index (χ4n) is 2.53. The van der Waals surface area contributed by atoms with Gasteiger partial charge in [-0.25, -0.2) is 4.98 Å². The largest absolute Gasteiger partial charge is 0.493 e. The molecule has 150 valence electrons. The van der Waals surface area contributed by atoms with E-state index in [4.69, 9.17) is 25.8 Å². The van der Waals surface area contributed by atoms with Crippen LogP contribution in [-0.2, 0) is 11.2 Å². The lowest BCUT2D eigenvalue weighted by Crippen LogP contribution is -2.29. The molecule has 0 fully saturated rings. The van der Waals surface area contributed by atoms with Crippen LogP contribution >= 0.6 is 11.6 Å². The van der Waals surface area contributed by atoms with Gasteiger partial charge < -0.3 is 19.5 Å². The van der Waals surface area contributed by atoms with Gasteiger partial charge in [-0.3, -0.25) is 9.59 Å². The van der Waals surface area contributed by atoms with Gasteiger partial charge in [0.15, 0.2) is 23.9 Å². The Labute approximate surface area is 169 Å². The second kappa shape index (κ2) is 10.5. The molecule has 7 nitrogen and oxygen atoms in total. The molecule has 0 aliphatic rings. The third-order valence-corrected chi connectivity index (χ3v) is 4.25. The predicted octanol–water partition coefficient (Wildman–Crippen LogP) is 3.08. The smallest absolute Gasteiger partial charge is 0.257 e. The lowest BCUT2D eigenvalue weighted by atomic mass is 10.0. The van der Waals surface area contributed by atoms with E-state index in [0.717, 1.165) is 6.42 Å². The number of pyridine rings is 1. The van der Waals surface area contributed by atoms with Crippen molar-refractivity contribution in [1.29, 1.82) is 0 Å². The van der Waals surface area contributed by atoms with Gasteiger partial charge in [0.1, 0.15) is 5.15 Å². The first-order chi connectivity index (χ1) is 13.5. The number of benzene rings is 1. The number of rotatable bonds is 10. The summed E-state index contributed by atoms with van der Waals surface area (Å²) in [5.41, 5.74) is 0.858. The Bertz CT molecular complexity index is 841. The van der Waals surface area contributed by atoms with E-state index in [1.165, 1.54) is 14.2 Å². The Morgan fingerprint density at radius 2 is 1.93 bits per heavy atom. The summed E-state index contributed by atoms with van der Waals surface area (Å²) in [7, 11) is 2.92. The van der Waals surface area contributed by atoms with Gasteiger partial charge in [-0.2, -0.15) is 0 Å². The van der Waals surface area contributed by atoms with Gasteiger partial charge >= 0.3 is 0 Å². The standard InChI is InChI=1S/C20H23ClN2O5/c1-4-9-22-17(25)12-28-18-14(7-8-16(26-2)19(18)27-3)15(24)11-13-6-5-10-23-20(13)21/h5-8,10H,4,9,11-12H2,1-3H3,(H,22,25). The summed E-state index contributed by atoms with van der Waals surface area (Å²) in [5.74, 6) is 0.245. The van der Waals surface area contributed by atoms with Gasteiger partial charge in [-0.15, -0.1) is 0 Å². The van der Waals surface area contributed by atoms with Crippen LogP contribution in [0.15, 0.2) is 30.5 Å². The van der Waals surface area contributed by atoms with Crippen LogP contribution < -0.4 is 19.5 Å². The number of ether oxygens (including phenoxy) is 3. The maximum absolute atomic E-state index is 12.9. The average molecular weight is 407 g/mol. The first-order valence-corrected chi connectivity index (χ1v) is 9.16. The Balaban J connectivity index is 2.32. The van der Waals surface area contributed by atoms with Crippen LogP contribution in [0.3, 0.4) is 0 Å². The molecule has 0 saturated carbocycles. The maximum atomic E-state index is 12.9. The number of hydrogen-bond acceptors (Lipinski definition) is 6. The SMILES string of the molecule is CCCNC(=O)COc1c(C(=O)Cc2cccnc2Cl)ccc(OC)c1OC. The number of carbonyl (C=O) groups excluding carboxylic acids is 2. The summed E-state index contributed by atoms with van der Waals surface area (Å²) < 4.78 is 16.3. The van der Waals surface area contributed by atoms with E-state index in [1.54, 1.807) is 30.5 Å². The minimum absolute atomic E-state index is 0.0283. The number of aromatic nitrogens is 1. The molecule has 0 atom stereocenters. The molecule has 0 aliphatic carbocycles. The first-order valence-electron chi connectivity index (χ1n) is 8.78. The van der Waals surface area contributed by atoms with Crippen molar-refractivity contribution in [2.24, 2.45) is 0 Å². The van der Waals surface area contributed by atoms with Crippen molar-refractivity contribution < 1.29 is 23.8 Å². The fourth-order valence-corrected chi connectivity index (χ4v) is 2.72. The topological polar surface area (TPSA) is 86.8 Å². The minimum atomic E-state index is -0.291. The zero-order chi connectivity index (χ0) is 20.5. The highest BCUT2D eigenvalue weighted by Gasteiger charge is 2.23. The molecule has 28 heavy (non-hydrogen) atoms. The number of Topliss-reactive ketones (excluding diaryl/α,β-unsaturated/α-hetero) is 1. The lowest BCUT2D eigenvalue weighted by molar-refractivity contribution is -0.123. The highest BCUT2D eigenvalue weighted by atomic mass is 35.5. The Hall–Kier alpha value is -2.80. The zero-order valence-electron chi connectivity index (χ0n) is 16.1. The minimum Gasteiger partial charge on any atom is -0.493 e. The number of nitrogens with one attached hydrogen (secondary N) is 1. The molecule has 0 bridgehead atoms. The molecule has 2 aromatic rings. The molecule has 1 amide bonds. The van der Waals surface area contributed by atoms with Crippen LogP contribution in [0, 0.1) is 0 Å². The van der Waals surface area contributed by atoms with Crippen molar-refractivity contribution in [1.82, 2.24) is 10.3 Å². The van der Waals surface area contributed by atoms with Crippen LogP contribution in [0.25, 0.3) is 0 Å². The molecule has 1 heterocycles. The maximum Gasteiger partial charge on any atom is 0.257 e. The van der Waals surface area contributed by atoms with E-state index < -0.39 is 0 Å². The van der Waals surface area contributed by atoms with Crippen LogP contribution in [0.1, 0.15) is 29.3 Å². The normalized spacial score (nSPS) is 10.3. The van der Waals surface area contributed by atoms with E-state index >= 15 is 0 Å². The molecule has 0 radical (unpaired) electrons. The molecule has 0 spiro atoms. The first kappa shape index (κ1) is 21.5. The van der Waals surface area contributed by atoms with E-state index in [-0.39, 0.29) is 46.9 Å². The number of ketones is 1. The van der Waals surface area contributed by atoms with E-state index in [2.05, 4.69) is 10.3 Å². The highest BCUT2D eigenvalue weighted by molar-refractivity contribution is 6.30. The summed E-state index contributed by atoms with van der Waals surface area (Å²) in [6.07, 6.45) is 2.39. The number of amides is 1. The van der Waals surface area contributed by atoms with E-state index in [0.29, 0.717) is 17.9 Å². The third kappa shape index (κ3) is 5.36. The number of nitrogens with zero attached hydrogens (tertiary/aromatic N) is 1. The van der Waals surface area contributed by atoms with Gasteiger partial charge in [0.2, 0.25) is 5.75 Å². The summed E-state index contributed by atoms with van der Waals surface area (Å²) in [6, 6.07) is 6.62. The Morgan fingerprint density at radius 3 is 2.57 bits per heavy atom. The molecule has 0 aliphatic heterocycles. The van der Waals surface area contributed by atoms with Crippen molar-refractivity contribution in [3.63, 3.8) is 0 Å². The molecule has 0 unspecified atom stereocenters. The van der Waals surface area contributed by atoms with Crippen LogP contribution in [0.5, 0.6) is 17.2 Å². The number of carbonyl (C=O) groups is 2. The van der Waals surface area contributed by atoms with Crippen LogP contribution in [0.4, 0.5) is 0 Å². The van der Waals surface area contributed by atoms with Gasteiger partial charge in [-0.1, -0.05) is 24.6 Å². The van der Waals surface area contributed by atoms with Gasteiger partial charge in [0, 0.05) is 19.2 Å². The van der Waals surface area contributed by atoms with Crippen LogP contribution in [-0.4, -0.2) is 44.0 Å². The molecule has 1 N–H and O–H groups in total. The highest BCUT2D eigenvalue weighted by Crippen LogP contribution is 2.40. The molecule has 1 aromatic carbocycles. The molecule has 2 rings (SSSR count). The van der Waals surface area contributed by atoms with E-state index in [1.807, 2.05) is 6.92 Å². The van der Waals surface area contributed by atoms with Gasteiger partial charge in [0.25, 0.3) is 5.91 Å². The van der Waals surface area contributed by atoms with Crippen LogP contribution in [0.2, 0.25) is 5.15 Å². The van der Waals surface area contributed by atoms with Crippen molar-refractivity contribution in [2.75, 3.05) is 27.4 Å². The quantitative estimate of drug-likeness (QED) is 0.482. The number of halogens is 1. The number of hydrogen-bond donors (Lipinski definition) is 1. The lowest BCUT2D eigenvalue weighted by Gasteiger charge is -2.17. The van der Waals surface area contributed by atoms with Gasteiger partial charge in [0.05, 0.1) is 19.8 Å². The van der Waals surface area contributed by atoms with Crippen molar-refractivity contribution in [2.45, 2.75) is 19.8 Å². The summed E-state index contributed by atoms with van der Waals surface area (Å²) in [6.45, 7) is 2.24. The van der Waals surface area contributed by atoms with Gasteiger partial charge in [-0.05, 0) is 30.2 Å². The Kier molecular flexibility index (Phi) is 8.07. The second-order valence-corrected chi connectivity index (χ2v) is 6.23. The predicted molar refractivity (Wildman–Crippen MR) is 106 cm³/mol. The Morgan fingerprint density at radius 1 is 1.14 bits per heavy atom. The van der Waals surface area contributed by atoms with E-state index in [9.17, 15) is 9.59 Å². The summed E-state index contributed by atoms with van der Waals surface area (Å²) in [4.78, 5) is 28.8. The molecule has 1 aromatic heterocycles. The van der Waals surface area contributed by atoms with Crippen molar-refractivity contribution >= 4 is 23.3 Å². The van der Waals surface area contributed by atoms with Crippen molar-refractivity contribution in [3.8, 4) is 17.2 Å². The summed E-state index contributed by atoms with van der Waals surface area (Å²) >= 11 is 6.06.